The van der Waals surface area contributed by atoms with Crippen LogP contribution in [0.15, 0.2) is 48.0 Å². The summed E-state index contributed by atoms with van der Waals surface area (Å²) >= 11 is 0. The molecule has 1 aromatic carbocycles. The van der Waals surface area contributed by atoms with Crippen molar-refractivity contribution in [2.24, 2.45) is 10.9 Å². The van der Waals surface area contributed by atoms with E-state index in [0.29, 0.717) is 12.0 Å². The summed E-state index contributed by atoms with van der Waals surface area (Å²) in [6, 6.07) is 9.27. The highest BCUT2D eigenvalue weighted by Gasteiger charge is 2.45. The smallest absolute Gasteiger partial charge is 0.193 e. The van der Waals surface area contributed by atoms with Crippen molar-refractivity contribution in [3.63, 3.8) is 0 Å². The molecule has 5 nitrogen and oxygen atoms in total. The zero-order valence-corrected chi connectivity index (χ0v) is 19.5. The van der Waals surface area contributed by atoms with E-state index in [-0.39, 0.29) is 29.4 Å². The van der Waals surface area contributed by atoms with Gasteiger partial charge in [-0.1, -0.05) is 31.2 Å². The molecule has 2 aliphatic rings. The van der Waals surface area contributed by atoms with Crippen LogP contribution in [-0.4, -0.2) is 47.1 Å². The van der Waals surface area contributed by atoms with Crippen LogP contribution in [-0.2, 0) is 5.41 Å². The lowest BCUT2D eigenvalue weighted by atomic mass is 9.91. The minimum atomic E-state index is 0. The first-order valence-electron chi connectivity index (χ1n) is 10.1. The van der Waals surface area contributed by atoms with Crippen molar-refractivity contribution in [1.82, 2.24) is 19.8 Å². The van der Waals surface area contributed by atoms with Gasteiger partial charge in [-0.25, -0.2) is 4.98 Å². The molecule has 0 bridgehead atoms. The molecule has 2 unspecified atom stereocenters. The zero-order chi connectivity index (χ0) is 18.9. The number of imidazole rings is 1. The summed E-state index contributed by atoms with van der Waals surface area (Å²) in [5.74, 6) is 1.68. The van der Waals surface area contributed by atoms with Gasteiger partial charge < -0.3 is 14.8 Å². The monoisotopic (exact) mass is 493 g/mol. The number of nitrogens with one attached hydrogen (secondary N) is 1. The Morgan fingerprint density at radius 2 is 2.11 bits per heavy atom. The number of aryl methyl sites for hydroxylation is 1. The second-order valence-corrected chi connectivity index (χ2v) is 8.29. The second-order valence-electron chi connectivity index (χ2n) is 8.29. The van der Waals surface area contributed by atoms with Gasteiger partial charge in [0, 0.05) is 44.5 Å². The van der Waals surface area contributed by atoms with Crippen molar-refractivity contribution in [1.29, 1.82) is 0 Å². The maximum atomic E-state index is 4.61. The van der Waals surface area contributed by atoms with E-state index in [1.807, 2.05) is 19.6 Å². The van der Waals surface area contributed by atoms with Gasteiger partial charge in [0.2, 0.25) is 0 Å². The molecule has 1 aromatic heterocycles. The highest BCUT2D eigenvalue weighted by Crippen LogP contribution is 2.48. The Morgan fingerprint density at radius 3 is 2.75 bits per heavy atom. The molecule has 0 radical (unpaired) electrons. The number of rotatable bonds is 4. The second kappa shape index (κ2) is 8.84. The van der Waals surface area contributed by atoms with Crippen LogP contribution in [0.5, 0.6) is 0 Å². The van der Waals surface area contributed by atoms with Crippen LogP contribution in [0, 0.1) is 12.8 Å². The van der Waals surface area contributed by atoms with Crippen LogP contribution in [0.1, 0.15) is 43.4 Å². The molecule has 2 atom stereocenters. The predicted octanol–water partition coefficient (Wildman–Crippen LogP) is 4.00. The first-order chi connectivity index (χ1) is 13.1. The average Bonchev–Trinajstić information content (AvgIpc) is 3.26. The van der Waals surface area contributed by atoms with Gasteiger partial charge in [-0.15, -0.1) is 24.0 Å². The lowest BCUT2D eigenvalue weighted by Gasteiger charge is -2.39. The molecular formula is C22H32IN5. The quantitative estimate of drug-likeness (QED) is 0.398. The molecule has 0 spiro atoms. The number of likely N-dealkylation sites (tertiary alicyclic amines) is 1. The van der Waals surface area contributed by atoms with Gasteiger partial charge in [0.15, 0.2) is 5.96 Å². The van der Waals surface area contributed by atoms with Crippen molar-refractivity contribution in [3.05, 3.63) is 54.1 Å². The van der Waals surface area contributed by atoms with Gasteiger partial charge in [0.1, 0.15) is 0 Å². The lowest BCUT2D eigenvalue weighted by Crippen LogP contribution is -2.50. The Labute approximate surface area is 185 Å². The van der Waals surface area contributed by atoms with E-state index < -0.39 is 0 Å². The fourth-order valence-corrected chi connectivity index (χ4v) is 4.54. The number of piperidine rings is 1. The standard InChI is InChI=1S/C22H31N5.HI/c1-17-6-4-5-7-19(17)22(9-10-22)15-25-21(23-3)26-12-8-18(2)20(14-26)27-13-11-24-16-27;/h4-7,11,13,16,18,20H,8-10,12,14-15H2,1-3H3,(H,23,25);1H. The van der Waals surface area contributed by atoms with Crippen LogP contribution in [0.2, 0.25) is 0 Å². The van der Waals surface area contributed by atoms with E-state index in [9.17, 15) is 0 Å². The number of guanidine groups is 1. The molecule has 0 amide bonds. The van der Waals surface area contributed by atoms with Crippen molar-refractivity contribution in [3.8, 4) is 0 Å². The Hall–Kier alpha value is -1.57. The van der Waals surface area contributed by atoms with Gasteiger partial charge in [0.05, 0.1) is 12.4 Å². The molecule has 152 valence electrons. The number of benzene rings is 1. The molecule has 2 heterocycles. The highest BCUT2D eigenvalue weighted by molar-refractivity contribution is 14.0. The van der Waals surface area contributed by atoms with Crippen molar-refractivity contribution >= 4 is 29.9 Å². The third-order valence-corrected chi connectivity index (χ3v) is 6.49. The number of aliphatic imine (C=N–C) groups is 1. The van der Waals surface area contributed by atoms with Gasteiger partial charge >= 0.3 is 0 Å². The Kier molecular flexibility index (Phi) is 6.68. The fraction of sp³-hybridized carbons (Fsp3) is 0.545. The van der Waals surface area contributed by atoms with Gasteiger partial charge in [-0.3, -0.25) is 4.99 Å². The van der Waals surface area contributed by atoms with Gasteiger partial charge in [0.25, 0.3) is 0 Å². The maximum Gasteiger partial charge on any atom is 0.193 e. The fourth-order valence-electron chi connectivity index (χ4n) is 4.54. The third kappa shape index (κ3) is 4.21. The first kappa shape index (κ1) is 21.1. The molecule has 28 heavy (non-hydrogen) atoms. The Balaban J connectivity index is 0.00000225. The molecule has 2 aromatic rings. The number of halogens is 1. The summed E-state index contributed by atoms with van der Waals surface area (Å²) < 4.78 is 2.25. The number of aromatic nitrogens is 2. The maximum absolute atomic E-state index is 4.61. The van der Waals surface area contributed by atoms with E-state index in [4.69, 9.17) is 0 Å². The van der Waals surface area contributed by atoms with E-state index in [1.165, 1.54) is 30.4 Å². The molecule has 4 rings (SSSR count). The van der Waals surface area contributed by atoms with Crippen LogP contribution in [0.25, 0.3) is 0 Å². The minimum absolute atomic E-state index is 0. The molecular weight excluding hydrogens is 461 g/mol. The van der Waals surface area contributed by atoms with E-state index in [1.54, 1.807) is 0 Å². The normalized spacial score (nSPS) is 23.8. The largest absolute Gasteiger partial charge is 0.355 e. The number of hydrogen-bond donors (Lipinski definition) is 1. The lowest BCUT2D eigenvalue weighted by molar-refractivity contribution is 0.189. The molecule has 1 aliphatic heterocycles. The van der Waals surface area contributed by atoms with Crippen LogP contribution < -0.4 is 5.32 Å². The molecule has 6 heteroatoms. The van der Waals surface area contributed by atoms with Crippen LogP contribution >= 0.6 is 24.0 Å². The highest BCUT2D eigenvalue weighted by atomic mass is 127. The summed E-state index contributed by atoms with van der Waals surface area (Å²) in [7, 11) is 1.90. The van der Waals surface area contributed by atoms with Crippen LogP contribution in [0.4, 0.5) is 0 Å². The zero-order valence-electron chi connectivity index (χ0n) is 17.1. The summed E-state index contributed by atoms with van der Waals surface area (Å²) in [5.41, 5.74) is 3.18. The summed E-state index contributed by atoms with van der Waals surface area (Å²) in [4.78, 5) is 11.3. The molecule has 1 saturated heterocycles. The SMILES string of the molecule is CN=C(NCC1(c2ccccc2C)CC1)N1CCC(C)C(n2ccnc2)C1.I. The average molecular weight is 493 g/mol. The summed E-state index contributed by atoms with van der Waals surface area (Å²) in [6.07, 6.45) is 9.59. The summed E-state index contributed by atoms with van der Waals surface area (Å²) in [5, 5.41) is 3.70. The van der Waals surface area contributed by atoms with Crippen molar-refractivity contribution in [2.75, 3.05) is 26.7 Å². The topological polar surface area (TPSA) is 45.5 Å². The molecule has 2 fully saturated rings. The number of hydrogen-bond acceptors (Lipinski definition) is 2. The van der Waals surface area contributed by atoms with Crippen molar-refractivity contribution < 1.29 is 0 Å². The molecule has 1 aliphatic carbocycles. The van der Waals surface area contributed by atoms with Crippen LogP contribution in [0.3, 0.4) is 0 Å². The van der Waals surface area contributed by atoms with E-state index in [2.05, 4.69) is 69.1 Å². The minimum Gasteiger partial charge on any atom is -0.355 e. The molecule has 1 N–H and O–H groups in total. The van der Waals surface area contributed by atoms with Crippen molar-refractivity contribution in [2.45, 2.75) is 44.6 Å². The summed E-state index contributed by atoms with van der Waals surface area (Å²) in [6.45, 7) is 7.58. The number of nitrogens with zero attached hydrogens (tertiary/aromatic N) is 4. The van der Waals surface area contributed by atoms with Gasteiger partial charge in [-0.05, 0) is 43.2 Å². The van der Waals surface area contributed by atoms with Gasteiger partial charge in [-0.2, -0.15) is 0 Å². The third-order valence-electron chi connectivity index (χ3n) is 6.49. The van der Waals surface area contributed by atoms with E-state index >= 15 is 0 Å². The Bertz CT molecular complexity index is 797. The van der Waals surface area contributed by atoms with E-state index in [0.717, 1.165) is 25.6 Å². The first-order valence-corrected chi connectivity index (χ1v) is 10.1. The predicted molar refractivity (Wildman–Crippen MR) is 125 cm³/mol. The Morgan fingerprint density at radius 1 is 1.32 bits per heavy atom. The molecule has 1 saturated carbocycles.